The molecule has 6 rings (SSSR count). The molecule has 3 atom stereocenters. The van der Waals surface area contributed by atoms with E-state index in [1.165, 1.54) is 0 Å². The SMILES string of the molecule is N#Cc1c(N)ccc2c1[C@]1(CCC2)Cc2nc(OC[C@@]34CCCN3C[C@H](F)C4)ncc2CO1. The first kappa shape index (κ1) is 20.8. The lowest BCUT2D eigenvalue weighted by atomic mass is 9.73. The van der Waals surface area contributed by atoms with Gasteiger partial charge in [-0.25, -0.2) is 9.37 Å². The molecule has 2 N–H and O–H groups in total. The fourth-order valence-corrected chi connectivity index (χ4v) is 6.47. The van der Waals surface area contributed by atoms with Gasteiger partial charge >= 0.3 is 6.01 Å². The van der Waals surface area contributed by atoms with Crippen LogP contribution in [0.25, 0.3) is 0 Å². The van der Waals surface area contributed by atoms with E-state index in [4.69, 9.17) is 20.2 Å². The van der Waals surface area contributed by atoms with Crippen LogP contribution in [0.1, 0.15) is 60.1 Å². The van der Waals surface area contributed by atoms with Crippen molar-refractivity contribution < 1.29 is 13.9 Å². The average molecular weight is 450 g/mol. The lowest BCUT2D eigenvalue weighted by molar-refractivity contribution is -0.0859. The number of ether oxygens (including phenoxy) is 2. The lowest BCUT2D eigenvalue weighted by Gasteiger charge is -2.42. The van der Waals surface area contributed by atoms with E-state index in [0.717, 1.165) is 61.0 Å². The van der Waals surface area contributed by atoms with Gasteiger partial charge in [0.15, 0.2) is 0 Å². The van der Waals surface area contributed by atoms with Gasteiger partial charge < -0.3 is 15.2 Å². The molecular weight excluding hydrogens is 421 g/mol. The maximum absolute atomic E-state index is 14.1. The summed E-state index contributed by atoms with van der Waals surface area (Å²) in [6, 6.07) is 6.48. The minimum atomic E-state index is -0.788. The summed E-state index contributed by atoms with van der Waals surface area (Å²) in [6.07, 6.45) is 6.78. The maximum atomic E-state index is 14.1. The van der Waals surface area contributed by atoms with Crippen molar-refractivity contribution in [1.29, 1.82) is 5.26 Å². The Kier molecular flexibility index (Phi) is 4.82. The van der Waals surface area contributed by atoms with Gasteiger partial charge in [0.1, 0.15) is 24.4 Å². The average Bonchev–Trinajstić information content (AvgIpc) is 3.33. The van der Waals surface area contributed by atoms with E-state index in [9.17, 15) is 9.65 Å². The van der Waals surface area contributed by atoms with Crippen molar-refractivity contribution in [3.8, 4) is 12.1 Å². The number of alkyl halides is 1. The normalized spacial score (nSPS) is 30.5. The number of aryl methyl sites for hydroxylation is 1. The number of nitrogens with zero attached hydrogens (tertiary/aromatic N) is 4. The van der Waals surface area contributed by atoms with Gasteiger partial charge in [0.25, 0.3) is 0 Å². The minimum Gasteiger partial charge on any atom is -0.461 e. The summed E-state index contributed by atoms with van der Waals surface area (Å²) in [6.45, 7) is 2.22. The van der Waals surface area contributed by atoms with E-state index >= 15 is 0 Å². The Morgan fingerprint density at radius 1 is 1.30 bits per heavy atom. The number of hydrogen-bond donors (Lipinski definition) is 1. The van der Waals surface area contributed by atoms with Crippen molar-refractivity contribution in [2.45, 2.75) is 68.9 Å². The van der Waals surface area contributed by atoms with E-state index in [0.29, 0.717) is 49.9 Å². The first-order chi connectivity index (χ1) is 16.0. The van der Waals surface area contributed by atoms with Gasteiger partial charge in [0, 0.05) is 42.4 Å². The summed E-state index contributed by atoms with van der Waals surface area (Å²) in [4.78, 5) is 11.4. The summed E-state index contributed by atoms with van der Waals surface area (Å²) in [5.41, 5.74) is 10.2. The first-order valence-corrected chi connectivity index (χ1v) is 11.8. The van der Waals surface area contributed by atoms with Crippen molar-refractivity contribution in [2.75, 3.05) is 25.4 Å². The first-order valence-electron chi connectivity index (χ1n) is 11.8. The Bertz CT molecular complexity index is 1150. The van der Waals surface area contributed by atoms with Crippen molar-refractivity contribution >= 4 is 5.69 Å². The summed E-state index contributed by atoms with van der Waals surface area (Å²) >= 11 is 0. The Morgan fingerprint density at radius 2 is 2.21 bits per heavy atom. The summed E-state index contributed by atoms with van der Waals surface area (Å²) < 4.78 is 26.6. The Hall–Kier alpha value is -2.76. The van der Waals surface area contributed by atoms with Gasteiger partial charge in [0.2, 0.25) is 0 Å². The molecule has 2 saturated heterocycles. The lowest BCUT2D eigenvalue weighted by Crippen LogP contribution is -2.43. The number of benzene rings is 1. The summed E-state index contributed by atoms with van der Waals surface area (Å²) in [5.74, 6) is 0. The van der Waals surface area contributed by atoms with Crippen LogP contribution in [-0.2, 0) is 29.8 Å². The molecule has 1 aliphatic carbocycles. The summed E-state index contributed by atoms with van der Waals surface area (Å²) in [7, 11) is 0. The zero-order valence-corrected chi connectivity index (χ0v) is 18.6. The van der Waals surface area contributed by atoms with Crippen LogP contribution in [0.3, 0.4) is 0 Å². The topological polar surface area (TPSA) is 97.3 Å². The van der Waals surface area contributed by atoms with E-state index < -0.39 is 11.8 Å². The predicted octanol–water partition coefficient (Wildman–Crippen LogP) is 3.19. The van der Waals surface area contributed by atoms with Crippen LogP contribution in [-0.4, -0.2) is 46.3 Å². The van der Waals surface area contributed by atoms with E-state index in [1.807, 2.05) is 12.1 Å². The third-order valence-corrected chi connectivity index (χ3v) is 8.04. The van der Waals surface area contributed by atoms with Crippen LogP contribution >= 0.6 is 0 Å². The molecule has 2 aromatic rings. The molecule has 0 unspecified atom stereocenters. The molecule has 0 bridgehead atoms. The van der Waals surface area contributed by atoms with Crippen LogP contribution in [0.5, 0.6) is 6.01 Å². The highest BCUT2D eigenvalue weighted by molar-refractivity contribution is 5.63. The third kappa shape index (κ3) is 3.29. The maximum Gasteiger partial charge on any atom is 0.316 e. The molecule has 1 spiro atoms. The standard InChI is InChI=1S/C25H28FN5O2/c26-18-9-24(6-2-8-31(24)13-18)15-32-23-29-12-17-14-33-25(10-21(17)30-23)7-1-3-16-4-5-20(28)19(11-27)22(16)25/h4-5,12,18H,1-3,6-10,13-15,28H2/t18-,24+,25+/m1/s1. The molecule has 172 valence electrons. The van der Waals surface area contributed by atoms with Crippen LogP contribution in [0.4, 0.5) is 10.1 Å². The second-order valence-electron chi connectivity index (χ2n) is 9.98. The van der Waals surface area contributed by atoms with Crippen LogP contribution in [0, 0.1) is 11.3 Å². The molecule has 4 aliphatic rings. The molecule has 33 heavy (non-hydrogen) atoms. The Balaban J connectivity index is 1.28. The largest absolute Gasteiger partial charge is 0.461 e. The van der Waals surface area contributed by atoms with Crippen LogP contribution in [0.2, 0.25) is 0 Å². The number of fused-ring (bicyclic) bond motifs is 4. The number of nitriles is 1. The molecule has 0 saturated carbocycles. The molecule has 3 aliphatic heterocycles. The van der Waals surface area contributed by atoms with Gasteiger partial charge in [-0.05, 0) is 50.3 Å². The second kappa shape index (κ2) is 7.64. The van der Waals surface area contributed by atoms with Gasteiger partial charge in [-0.1, -0.05) is 6.07 Å². The molecule has 4 heterocycles. The molecule has 0 amide bonds. The fourth-order valence-electron chi connectivity index (χ4n) is 6.47. The number of hydrogen-bond acceptors (Lipinski definition) is 7. The zero-order valence-electron chi connectivity index (χ0n) is 18.6. The van der Waals surface area contributed by atoms with Gasteiger partial charge in [-0.15, -0.1) is 0 Å². The van der Waals surface area contributed by atoms with Gasteiger partial charge in [0.05, 0.1) is 23.4 Å². The molecule has 0 radical (unpaired) electrons. The Morgan fingerprint density at radius 3 is 3.09 bits per heavy atom. The smallest absolute Gasteiger partial charge is 0.316 e. The number of rotatable bonds is 3. The minimum absolute atomic E-state index is 0.232. The molecule has 1 aromatic heterocycles. The fraction of sp³-hybridized carbons (Fsp3) is 0.560. The Labute approximate surface area is 192 Å². The van der Waals surface area contributed by atoms with Crippen molar-refractivity contribution in [1.82, 2.24) is 14.9 Å². The highest BCUT2D eigenvalue weighted by atomic mass is 19.1. The highest BCUT2D eigenvalue weighted by Gasteiger charge is 2.49. The molecule has 1 aromatic carbocycles. The number of anilines is 1. The monoisotopic (exact) mass is 449 g/mol. The van der Waals surface area contributed by atoms with Gasteiger partial charge in [-0.3, -0.25) is 4.90 Å². The number of nitrogens with two attached hydrogens (primary N) is 1. The molecule has 7 nitrogen and oxygen atoms in total. The van der Waals surface area contributed by atoms with Crippen LogP contribution < -0.4 is 10.5 Å². The van der Waals surface area contributed by atoms with E-state index in [2.05, 4.69) is 16.0 Å². The molecular formula is C25H28FN5O2. The number of halogens is 1. The third-order valence-electron chi connectivity index (χ3n) is 8.04. The van der Waals surface area contributed by atoms with E-state index in [1.54, 1.807) is 6.20 Å². The van der Waals surface area contributed by atoms with Crippen LogP contribution in [0.15, 0.2) is 18.3 Å². The van der Waals surface area contributed by atoms with Crippen molar-refractivity contribution in [3.05, 3.63) is 46.3 Å². The number of aromatic nitrogens is 2. The molecule has 2 fully saturated rings. The number of nitrogen functional groups attached to an aromatic ring is 1. The van der Waals surface area contributed by atoms with E-state index in [-0.39, 0.29) is 5.54 Å². The summed E-state index contributed by atoms with van der Waals surface area (Å²) in [5, 5.41) is 9.83. The second-order valence-corrected chi connectivity index (χ2v) is 9.98. The quantitative estimate of drug-likeness (QED) is 0.719. The predicted molar refractivity (Wildman–Crippen MR) is 119 cm³/mol. The zero-order chi connectivity index (χ0) is 22.6. The van der Waals surface area contributed by atoms with Crippen molar-refractivity contribution in [3.63, 3.8) is 0 Å². The highest BCUT2D eigenvalue weighted by Crippen LogP contribution is 2.47. The molecule has 8 heteroatoms. The van der Waals surface area contributed by atoms with Crippen molar-refractivity contribution in [2.24, 2.45) is 0 Å². The van der Waals surface area contributed by atoms with Gasteiger partial charge in [-0.2, -0.15) is 10.2 Å².